The molecule has 5 amide bonds. The number of nitrogens with one attached hydrogen (secondary N) is 3. The van der Waals surface area contributed by atoms with E-state index in [2.05, 4.69) is 16.0 Å². The van der Waals surface area contributed by atoms with Gasteiger partial charge in [0.25, 0.3) is 11.8 Å². The van der Waals surface area contributed by atoms with E-state index in [1.807, 2.05) is 20.8 Å². The third-order valence-corrected chi connectivity index (χ3v) is 6.54. The van der Waals surface area contributed by atoms with Crippen LogP contribution in [0.25, 0.3) is 0 Å². The van der Waals surface area contributed by atoms with E-state index in [1.54, 1.807) is 18.2 Å². The zero-order valence-electron chi connectivity index (χ0n) is 22.7. The summed E-state index contributed by atoms with van der Waals surface area (Å²) in [5.74, 6) is -1.99. The molecule has 208 valence electrons. The summed E-state index contributed by atoms with van der Waals surface area (Å²) >= 11 is 0. The highest BCUT2D eigenvalue weighted by Crippen LogP contribution is 2.29. The molecule has 2 aliphatic rings. The number of unbranched alkanes of at least 4 members (excludes halogenated alkanes) is 7. The topological polar surface area (TPSA) is 134 Å². The Morgan fingerprint density at radius 2 is 1.53 bits per heavy atom. The number of nitrogens with zero attached hydrogens (tertiary/aromatic N) is 1. The lowest BCUT2D eigenvalue weighted by Gasteiger charge is -2.27. The molecule has 3 N–H and O–H groups in total. The number of rotatable bonds is 13. The maximum atomic E-state index is 12.9. The van der Waals surface area contributed by atoms with E-state index < -0.39 is 29.4 Å². The molecule has 2 aliphatic heterocycles. The number of piperidine rings is 1. The summed E-state index contributed by atoms with van der Waals surface area (Å²) in [6.45, 7) is 6.94. The van der Waals surface area contributed by atoms with Crippen molar-refractivity contribution < 1.29 is 28.7 Å². The number of fused-ring (bicyclic) bond motifs is 1. The molecule has 3 rings (SSSR count). The van der Waals surface area contributed by atoms with Gasteiger partial charge in [0.1, 0.15) is 11.6 Å². The summed E-state index contributed by atoms with van der Waals surface area (Å²) in [7, 11) is 0. The van der Waals surface area contributed by atoms with Crippen molar-refractivity contribution in [3.8, 4) is 0 Å². The van der Waals surface area contributed by atoms with Gasteiger partial charge in [0.05, 0.1) is 11.1 Å². The van der Waals surface area contributed by atoms with Crippen molar-refractivity contribution in [2.24, 2.45) is 0 Å². The number of imide groups is 2. The zero-order chi connectivity index (χ0) is 27.7. The fraction of sp³-hybridized carbons (Fsp3) is 0.607. The molecule has 1 saturated heterocycles. The largest absolute Gasteiger partial charge is 0.444 e. The molecule has 0 bridgehead atoms. The van der Waals surface area contributed by atoms with Gasteiger partial charge in [-0.15, -0.1) is 0 Å². The van der Waals surface area contributed by atoms with Crippen molar-refractivity contribution in [1.82, 2.24) is 15.5 Å². The molecular formula is C28H40N4O6. The molecule has 10 nitrogen and oxygen atoms in total. The second-order valence-electron chi connectivity index (χ2n) is 10.9. The van der Waals surface area contributed by atoms with Crippen LogP contribution in [0.15, 0.2) is 18.2 Å². The summed E-state index contributed by atoms with van der Waals surface area (Å²) in [5.41, 5.74) is 0.855. The van der Waals surface area contributed by atoms with Crippen molar-refractivity contribution in [3.63, 3.8) is 0 Å². The van der Waals surface area contributed by atoms with Gasteiger partial charge in [-0.25, -0.2) is 4.79 Å². The van der Waals surface area contributed by atoms with E-state index in [1.165, 1.54) is 12.8 Å². The van der Waals surface area contributed by atoms with Crippen LogP contribution in [0.2, 0.25) is 0 Å². The van der Waals surface area contributed by atoms with Crippen LogP contribution in [0.5, 0.6) is 0 Å². The Hall–Kier alpha value is -3.43. The number of amides is 5. The van der Waals surface area contributed by atoms with Gasteiger partial charge < -0.3 is 15.4 Å². The van der Waals surface area contributed by atoms with Crippen LogP contribution in [-0.2, 0) is 14.3 Å². The van der Waals surface area contributed by atoms with Gasteiger partial charge in [-0.05, 0) is 58.2 Å². The second-order valence-corrected chi connectivity index (χ2v) is 10.9. The Morgan fingerprint density at radius 3 is 2.16 bits per heavy atom. The van der Waals surface area contributed by atoms with Gasteiger partial charge >= 0.3 is 6.09 Å². The van der Waals surface area contributed by atoms with Gasteiger partial charge in [-0.3, -0.25) is 29.4 Å². The van der Waals surface area contributed by atoms with E-state index in [-0.39, 0.29) is 36.0 Å². The van der Waals surface area contributed by atoms with Crippen LogP contribution < -0.4 is 16.0 Å². The molecule has 0 aromatic heterocycles. The minimum absolute atomic E-state index is 0.101. The van der Waals surface area contributed by atoms with Crippen molar-refractivity contribution in [1.29, 1.82) is 0 Å². The number of carbonyl (C=O) groups excluding carboxylic acids is 5. The number of hydrogen-bond acceptors (Lipinski definition) is 7. The number of hydrogen-bond donors (Lipinski definition) is 3. The highest BCUT2D eigenvalue weighted by Gasteiger charge is 2.44. The summed E-state index contributed by atoms with van der Waals surface area (Å²) in [6, 6.07) is 4.10. The smallest absolute Gasteiger partial charge is 0.407 e. The lowest BCUT2D eigenvalue weighted by molar-refractivity contribution is -0.136. The normalized spacial score (nSPS) is 17.3. The Labute approximate surface area is 224 Å². The van der Waals surface area contributed by atoms with Gasteiger partial charge in [-0.2, -0.15) is 0 Å². The highest BCUT2D eigenvalue weighted by atomic mass is 16.6. The van der Waals surface area contributed by atoms with Crippen molar-refractivity contribution in [2.45, 2.75) is 96.6 Å². The van der Waals surface area contributed by atoms with Gasteiger partial charge in [-0.1, -0.05) is 38.5 Å². The first kappa shape index (κ1) is 29.1. The van der Waals surface area contributed by atoms with E-state index in [0.29, 0.717) is 6.54 Å². The van der Waals surface area contributed by atoms with E-state index in [0.717, 1.165) is 55.7 Å². The summed E-state index contributed by atoms with van der Waals surface area (Å²) in [6.07, 6.45) is 8.64. The maximum absolute atomic E-state index is 12.9. The van der Waals surface area contributed by atoms with Crippen LogP contribution in [0.1, 0.15) is 106 Å². The van der Waals surface area contributed by atoms with Crippen LogP contribution >= 0.6 is 0 Å². The first-order valence-electron chi connectivity index (χ1n) is 13.6. The fourth-order valence-corrected chi connectivity index (χ4v) is 4.63. The Kier molecular flexibility index (Phi) is 10.3. The predicted octanol–water partition coefficient (Wildman–Crippen LogP) is 4.15. The van der Waals surface area contributed by atoms with E-state index >= 15 is 0 Å². The highest BCUT2D eigenvalue weighted by molar-refractivity contribution is 6.23. The number of alkyl carbamates (subject to hydrolysis) is 1. The zero-order valence-corrected chi connectivity index (χ0v) is 22.7. The minimum atomic E-state index is -0.953. The van der Waals surface area contributed by atoms with Crippen LogP contribution in [0, 0.1) is 0 Å². The Bertz CT molecular complexity index is 1050. The lowest BCUT2D eigenvalue weighted by atomic mass is 10.0. The van der Waals surface area contributed by atoms with Gasteiger partial charge in [0.2, 0.25) is 11.8 Å². The molecule has 0 radical (unpaired) electrons. The van der Waals surface area contributed by atoms with Crippen molar-refractivity contribution >= 4 is 35.4 Å². The molecule has 2 heterocycles. The Morgan fingerprint density at radius 1 is 0.921 bits per heavy atom. The number of benzene rings is 1. The average molecular weight is 529 g/mol. The molecule has 10 heteroatoms. The van der Waals surface area contributed by atoms with Crippen LogP contribution in [-0.4, -0.2) is 59.4 Å². The molecular weight excluding hydrogens is 488 g/mol. The summed E-state index contributed by atoms with van der Waals surface area (Å²) in [4.78, 5) is 61.9. The van der Waals surface area contributed by atoms with Crippen molar-refractivity contribution in [3.05, 3.63) is 29.3 Å². The van der Waals surface area contributed by atoms with Crippen LogP contribution in [0.4, 0.5) is 10.5 Å². The predicted molar refractivity (Wildman–Crippen MR) is 143 cm³/mol. The lowest BCUT2D eigenvalue weighted by Crippen LogP contribution is -2.54. The first-order valence-corrected chi connectivity index (χ1v) is 13.6. The molecule has 0 saturated carbocycles. The third-order valence-electron chi connectivity index (χ3n) is 6.54. The van der Waals surface area contributed by atoms with Crippen LogP contribution in [0.3, 0.4) is 0 Å². The second kappa shape index (κ2) is 13.4. The molecule has 38 heavy (non-hydrogen) atoms. The SMILES string of the molecule is CC(C)(C)OC(=O)NCCCCCCCCCCNc1ccc2c(c1)C(=O)N(C1CCC(=O)NC1=O)C2=O. The fourth-order valence-electron chi connectivity index (χ4n) is 4.63. The monoisotopic (exact) mass is 528 g/mol. The minimum Gasteiger partial charge on any atom is -0.444 e. The van der Waals surface area contributed by atoms with E-state index in [9.17, 15) is 24.0 Å². The van der Waals surface area contributed by atoms with Gasteiger partial charge in [0.15, 0.2) is 0 Å². The molecule has 1 fully saturated rings. The molecule has 0 spiro atoms. The summed E-state index contributed by atoms with van der Waals surface area (Å²) in [5, 5.41) is 8.30. The molecule has 1 aromatic carbocycles. The molecule has 0 aliphatic carbocycles. The number of ether oxygens (including phenoxy) is 1. The van der Waals surface area contributed by atoms with Gasteiger partial charge in [0, 0.05) is 25.2 Å². The molecule has 1 atom stereocenters. The van der Waals surface area contributed by atoms with E-state index in [4.69, 9.17) is 4.74 Å². The van der Waals surface area contributed by atoms with Crippen molar-refractivity contribution in [2.75, 3.05) is 18.4 Å². The quantitative estimate of drug-likeness (QED) is 0.259. The molecule has 1 unspecified atom stereocenters. The summed E-state index contributed by atoms with van der Waals surface area (Å²) < 4.78 is 5.21. The standard InChI is InChI=1S/C28H40N4O6/c1-28(2,3)38-27(37)30-17-11-9-7-5-4-6-8-10-16-29-19-12-13-20-21(18-19)26(36)32(25(20)35)22-14-15-23(33)31-24(22)34/h12-13,18,22,29H,4-11,14-17H2,1-3H3,(H,30,37)(H,31,33,34). The number of carbonyl (C=O) groups is 5. The number of anilines is 1. The Balaban J connectivity index is 1.27. The first-order chi connectivity index (χ1) is 18.1. The average Bonchev–Trinajstić information content (AvgIpc) is 3.08. The maximum Gasteiger partial charge on any atom is 0.407 e. The molecule has 1 aromatic rings. The third kappa shape index (κ3) is 8.29.